The van der Waals surface area contributed by atoms with Crippen LogP contribution in [0, 0.1) is 11.2 Å². The van der Waals surface area contributed by atoms with Gasteiger partial charge in [-0.1, -0.05) is 30.9 Å². The first-order valence-electron chi connectivity index (χ1n) is 6.26. The molecular weight excluding hydrogens is 274 g/mol. The van der Waals surface area contributed by atoms with E-state index in [0.29, 0.717) is 17.4 Å². The summed E-state index contributed by atoms with van der Waals surface area (Å²) < 4.78 is 13.6. The van der Waals surface area contributed by atoms with Gasteiger partial charge >= 0.3 is 0 Å². The summed E-state index contributed by atoms with van der Waals surface area (Å²) in [6, 6.07) is 1.27. The second-order valence-electron chi connectivity index (χ2n) is 5.03. The summed E-state index contributed by atoms with van der Waals surface area (Å²) in [4.78, 5) is 3.97. The van der Waals surface area contributed by atoms with Gasteiger partial charge in [0.2, 0.25) is 0 Å². The van der Waals surface area contributed by atoms with Crippen molar-refractivity contribution in [2.45, 2.75) is 32.1 Å². The smallest absolute Gasteiger partial charge is 0.166 e. The Hall–Kier alpha value is -0.540. The zero-order chi connectivity index (χ0) is 13.0. The van der Waals surface area contributed by atoms with Crippen molar-refractivity contribution in [3.63, 3.8) is 0 Å². The minimum absolute atomic E-state index is 0.0769. The third-order valence-corrected chi connectivity index (χ3v) is 4.41. The molecule has 18 heavy (non-hydrogen) atoms. The van der Waals surface area contributed by atoms with Crippen molar-refractivity contribution in [1.82, 2.24) is 4.98 Å². The van der Waals surface area contributed by atoms with E-state index in [2.05, 4.69) is 10.3 Å². The molecule has 1 fully saturated rings. The number of rotatable bonds is 4. The quantitative estimate of drug-likeness (QED) is 0.828. The fraction of sp³-hybridized carbons (Fsp3) is 0.615. The summed E-state index contributed by atoms with van der Waals surface area (Å²) in [7, 11) is 0. The third-order valence-electron chi connectivity index (χ3n) is 3.64. The zero-order valence-electron chi connectivity index (χ0n) is 10.2. The van der Waals surface area contributed by atoms with Crippen LogP contribution < -0.4 is 5.32 Å². The van der Waals surface area contributed by atoms with Gasteiger partial charge in [-0.05, 0) is 18.9 Å². The van der Waals surface area contributed by atoms with Crippen LogP contribution in [0.3, 0.4) is 0 Å². The number of alkyl halides is 1. The van der Waals surface area contributed by atoms with Gasteiger partial charge in [-0.2, -0.15) is 0 Å². The van der Waals surface area contributed by atoms with Crippen LogP contribution in [0.15, 0.2) is 12.3 Å². The summed E-state index contributed by atoms with van der Waals surface area (Å²) in [5, 5.41) is 3.38. The minimum Gasteiger partial charge on any atom is -0.367 e. The Bertz CT molecular complexity index is 406. The van der Waals surface area contributed by atoms with Crippen molar-refractivity contribution >= 4 is 29.0 Å². The molecule has 5 heteroatoms. The number of halogens is 3. The number of anilines is 1. The van der Waals surface area contributed by atoms with Crippen LogP contribution in [0.5, 0.6) is 0 Å². The number of nitrogens with one attached hydrogen (secondary N) is 1. The van der Waals surface area contributed by atoms with E-state index in [1.54, 1.807) is 0 Å². The summed E-state index contributed by atoms with van der Waals surface area (Å²) in [6.07, 6.45) is 7.31. The minimum atomic E-state index is -0.414. The number of nitrogens with zero attached hydrogens (tertiary/aromatic N) is 1. The van der Waals surface area contributed by atoms with Crippen molar-refractivity contribution in [2.24, 2.45) is 5.41 Å². The topological polar surface area (TPSA) is 24.9 Å². The highest BCUT2D eigenvalue weighted by Crippen LogP contribution is 2.37. The molecule has 2 rings (SSSR count). The molecule has 2 nitrogen and oxygen atoms in total. The van der Waals surface area contributed by atoms with Crippen molar-refractivity contribution in [2.75, 3.05) is 17.7 Å². The van der Waals surface area contributed by atoms with Crippen LogP contribution in [-0.4, -0.2) is 17.4 Å². The molecule has 1 aromatic heterocycles. The summed E-state index contributed by atoms with van der Waals surface area (Å²) in [6.45, 7) is 0.669. The van der Waals surface area contributed by atoms with Gasteiger partial charge < -0.3 is 5.32 Å². The highest BCUT2D eigenvalue weighted by Gasteiger charge is 2.31. The Kier molecular flexibility index (Phi) is 4.68. The van der Waals surface area contributed by atoms with Crippen molar-refractivity contribution in [3.8, 4) is 0 Å². The molecule has 1 heterocycles. The molecule has 0 spiro atoms. The maximum Gasteiger partial charge on any atom is 0.166 e. The predicted octanol–water partition coefficient (Wildman–Crippen LogP) is 4.48. The lowest BCUT2D eigenvalue weighted by atomic mass is 9.75. The Labute approximate surface area is 117 Å². The van der Waals surface area contributed by atoms with Crippen molar-refractivity contribution < 1.29 is 4.39 Å². The van der Waals surface area contributed by atoms with Gasteiger partial charge in [-0.25, -0.2) is 9.37 Å². The van der Waals surface area contributed by atoms with Crippen LogP contribution in [0.4, 0.5) is 10.2 Å². The fourth-order valence-corrected chi connectivity index (χ4v) is 2.98. The van der Waals surface area contributed by atoms with Crippen LogP contribution in [-0.2, 0) is 0 Å². The zero-order valence-corrected chi connectivity index (χ0v) is 11.7. The lowest BCUT2D eigenvalue weighted by molar-refractivity contribution is 0.237. The van der Waals surface area contributed by atoms with Crippen LogP contribution in [0.1, 0.15) is 32.1 Å². The SMILES string of the molecule is Fc1cc(Cl)cnc1NCC1(CCl)CCCCC1. The predicted molar refractivity (Wildman–Crippen MR) is 73.9 cm³/mol. The van der Waals surface area contributed by atoms with Gasteiger partial charge in [0.25, 0.3) is 0 Å². The molecule has 1 aliphatic carbocycles. The van der Waals surface area contributed by atoms with Crippen LogP contribution in [0.2, 0.25) is 5.02 Å². The molecule has 1 aromatic rings. The lowest BCUT2D eigenvalue weighted by Gasteiger charge is -2.35. The monoisotopic (exact) mass is 290 g/mol. The molecule has 0 aliphatic heterocycles. The molecule has 0 amide bonds. The van der Waals surface area contributed by atoms with Gasteiger partial charge in [0.15, 0.2) is 11.6 Å². The Morgan fingerprint density at radius 1 is 1.33 bits per heavy atom. The number of hydrogen-bond donors (Lipinski definition) is 1. The van der Waals surface area contributed by atoms with Gasteiger partial charge in [-0.3, -0.25) is 0 Å². The molecule has 0 radical (unpaired) electrons. The number of aromatic nitrogens is 1. The van der Waals surface area contributed by atoms with Gasteiger partial charge in [0, 0.05) is 24.0 Å². The highest BCUT2D eigenvalue weighted by molar-refractivity contribution is 6.30. The standard InChI is InChI=1S/C13H17Cl2FN2/c14-8-13(4-2-1-3-5-13)9-18-12-11(16)6-10(15)7-17-12/h6-7H,1-5,8-9H2,(H,17,18). The highest BCUT2D eigenvalue weighted by atomic mass is 35.5. The molecule has 0 saturated heterocycles. The lowest BCUT2D eigenvalue weighted by Crippen LogP contribution is -2.34. The summed E-state index contributed by atoms with van der Waals surface area (Å²) in [5.74, 6) is 0.451. The van der Waals surface area contributed by atoms with Crippen molar-refractivity contribution in [1.29, 1.82) is 0 Å². The molecule has 1 N–H and O–H groups in total. The van der Waals surface area contributed by atoms with E-state index in [0.717, 1.165) is 12.8 Å². The Balaban J connectivity index is 2.01. The molecule has 1 aliphatic rings. The number of hydrogen-bond acceptors (Lipinski definition) is 2. The van der Waals surface area contributed by atoms with E-state index in [1.165, 1.54) is 31.5 Å². The molecular formula is C13H17Cl2FN2. The first kappa shape index (κ1) is 13.9. The first-order valence-corrected chi connectivity index (χ1v) is 7.17. The molecule has 0 unspecified atom stereocenters. The largest absolute Gasteiger partial charge is 0.367 e. The summed E-state index contributed by atoms with van der Waals surface area (Å²) in [5.41, 5.74) is 0.0769. The van der Waals surface area contributed by atoms with E-state index < -0.39 is 5.82 Å². The molecule has 0 atom stereocenters. The molecule has 0 aromatic carbocycles. The van der Waals surface area contributed by atoms with E-state index >= 15 is 0 Å². The van der Waals surface area contributed by atoms with Crippen LogP contribution >= 0.6 is 23.2 Å². The third kappa shape index (κ3) is 3.27. The van der Waals surface area contributed by atoms with Crippen LogP contribution in [0.25, 0.3) is 0 Å². The Morgan fingerprint density at radius 3 is 2.67 bits per heavy atom. The van der Waals surface area contributed by atoms with E-state index in [-0.39, 0.29) is 11.2 Å². The van der Waals surface area contributed by atoms with E-state index in [9.17, 15) is 4.39 Å². The van der Waals surface area contributed by atoms with Gasteiger partial charge in [0.1, 0.15) is 0 Å². The fourth-order valence-electron chi connectivity index (χ4n) is 2.48. The second-order valence-corrected chi connectivity index (χ2v) is 5.74. The van der Waals surface area contributed by atoms with E-state index in [1.807, 2.05) is 0 Å². The first-order chi connectivity index (χ1) is 8.65. The maximum atomic E-state index is 13.6. The summed E-state index contributed by atoms with van der Waals surface area (Å²) >= 11 is 11.8. The van der Waals surface area contributed by atoms with Crippen molar-refractivity contribution in [3.05, 3.63) is 23.1 Å². The second kappa shape index (κ2) is 6.07. The average molecular weight is 291 g/mol. The molecule has 0 bridgehead atoms. The maximum absolute atomic E-state index is 13.6. The van der Waals surface area contributed by atoms with Gasteiger partial charge in [0.05, 0.1) is 5.02 Å². The average Bonchev–Trinajstić information content (AvgIpc) is 2.39. The Morgan fingerprint density at radius 2 is 2.06 bits per heavy atom. The van der Waals surface area contributed by atoms with Gasteiger partial charge in [-0.15, -0.1) is 11.6 Å². The normalized spacial score (nSPS) is 18.6. The van der Waals surface area contributed by atoms with E-state index in [4.69, 9.17) is 23.2 Å². The molecule has 1 saturated carbocycles. The molecule has 100 valence electrons. The number of pyridine rings is 1.